The van der Waals surface area contributed by atoms with Crippen molar-refractivity contribution in [3.05, 3.63) is 71.6 Å². The van der Waals surface area contributed by atoms with Crippen molar-refractivity contribution in [1.29, 1.82) is 0 Å². The number of imidazole rings is 1. The van der Waals surface area contributed by atoms with E-state index in [-0.39, 0.29) is 5.82 Å². The van der Waals surface area contributed by atoms with Crippen molar-refractivity contribution < 1.29 is 9.18 Å². The number of hydrogen-bond acceptors (Lipinski definition) is 3. The van der Waals surface area contributed by atoms with Crippen molar-refractivity contribution in [3.8, 4) is 11.3 Å². The molecule has 7 heteroatoms. The third-order valence-corrected chi connectivity index (χ3v) is 4.71. The molecule has 2 heterocycles. The molecule has 2 N–H and O–H groups in total. The Hall–Kier alpha value is -3.19. The summed E-state index contributed by atoms with van der Waals surface area (Å²) in [4.78, 5) is 17.6. The molecule has 0 spiro atoms. The van der Waals surface area contributed by atoms with Gasteiger partial charge < -0.3 is 10.6 Å². The highest BCUT2D eigenvalue weighted by Gasteiger charge is 2.08. The number of benzene rings is 2. The van der Waals surface area contributed by atoms with E-state index in [0.29, 0.717) is 16.9 Å². The highest BCUT2D eigenvalue weighted by molar-refractivity contribution is 7.15. The van der Waals surface area contributed by atoms with Crippen LogP contribution in [-0.4, -0.2) is 15.4 Å². The van der Waals surface area contributed by atoms with Crippen LogP contribution in [0, 0.1) is 12.7 Å². The summed E-state index contributed by atoms with van der Waals surface area (Å²) in [6.07, 6.45) is 3.90. The van der Waals surface area contributed by atoms with Crippen LogP contribution in [0.25, 0.3) is 16.2 Å². The van der Waals surface area contributed by atoms with Gasteiger partial charge in [0.25, 0.3) is 0 Å². The summed E-state index contributed by atoms with van der Waals surface area (Å²) in [6.45, 7) is 1.67. The molecule has 5 nitrogen and oxygen atoms in total. The van der Waals surface area contributed by atoms with Crippen molar-refractivity contribution in [2.24, 2.45) is 0 Å². The minimum atomic E-state index is -0.434. The van der Waals surface area contributed by atoms with Crippen LogP contribution in [0.3, 0.4) is 0 Å². The van der Waals surface area contributed by atoms with Gasteiger partial charge in [-0.1, -0.05) is 18.2 Å². The van der Waals surface area contributed by atoms with Gasteiger partial charge >= 0.3 is 6.03 Å². The number of nitrogens with one attached hydrogen (secondary N) is 2. The van der Waals surface area contributed by atoms with Crippen LogP contribution in [0.5, 0.6) is 0 Å². The lowest BCUT2D eigenvalue weighted by molar-refractivity contribution is 0.262. The van der Waals surface area contributed by atoms with E-state index >= 15 is 0 Å². The van der Waals surface area contributed by atoms with E-state index in [1.807, 2.05) is 40.4 Å². The summed E-state index contributed by atoms with van der Waals surface area (Å²) in [5.74, 6) is -0.357. The molecule has 4 rings (SSSR count). The Balaban J connectivity index is 1.50. The van der Waals surface area contributed by atoms with E-state index in [1.54, 1.807) is 36.5 Å². The van der Waals surface area contributed by atoms with Crippen LogP contribution in [0.4, 0.5) is 20.6 Å². The summed E-state index contributed by atoms with van der Waals surface area (Å²) in [5.41, 5.74) is 3.30. The van der Waals surface area contributed by atoms with E-state index in [0.717, 1.165) is 16.2 Å². The Morgan fingerprint density at radius 2 is 1.96 bits per heavy atom. The van der Waals surface area contributed by atoms with Crippen LogP contribution < -0.4 is 10.6 Å². The molecule has 0 saturated carbocycles. The maximum Gasteiger partial charge on any atom is 0.323 e. The normalized spacial score (nSPS) is 10.8. The highest BCUT2D eigenvalue weighted by Crippen LogP contribution is 2.24. The minimum Gasteiger partial charge on any atom is -0.308 e. The zero-order chi connectivity index (χ0) is 18.1. The third kappa shape index (κ3) is 3.29. The fourth-order valence-corrected chi connectivity index (χ4v) is 3.29. The molecule has 2 aromatic heterocycles. The van der Waals surface area contributed by atoms with Crippen molar-refractivity contribution in [1.82, 2.24) is 9.38 Å². The lowest BCUT2D eigenvalue weighted by Crippen LogP contribution is -2.19. The monoisotopic (exact) mass is 366 g/mol. The molecule has 0 aliphatic rings. The standard InChI is InChI=1S/C19H15FN4OS/c1-12-5-6-15(10-16(12)20)22-18(25)21-14-4-2-3-13(9-14)17-11-24-7-8-26-19(24)23-17/h2-11H,1H3,(H2,21,22,25). The first kappa shape index (κ1) is 16.3. The number of fused-ring (bicyclic) bond motifs is 1. The molecule has 2 aromatic carbocycles. The number of halogens is 1. The first-order valence-corrected chi connectivity index (χ1v) is 8.83. The van der Waals surface area contributed by atoms with Gasteiger partial charge in [0, 0.05) is 34.7 Å². The molecular formula is C19H15FN4OS. The highest BCUT2D eigenvalue weighted by atomic mass is 32.1. The number of carbonyl (C=O) groups excluding carboxylic acids is 1. The Kier molecular flexibility index (Phi) is 4.14. The third-order valence-electron chi connectivity index (χ3n) is 3.94. The number of nitrogens with zero attached hydrogens (tertiary/aromatic N) is 2. The van der Waals surface area contributed by atoms with Crippen molar-refractivity contribution in [3.63, 3.8) is 0 Å². The van der Waals surface area contributed by atoms with Crippen LogP contribution in [0.15, 0.2) is 60.2 Å². The molecule has 0 aliphatic carbocycles. The van der Waals surface area contributed by atoms with Gasteiger partial charge in [-0.05, 0) is 36.8 Å². The Morgan fingerprint density at radius 3 is 2.73 bits per heavy atom. The molecule has 0 atom stereocenters. The predicted molar refractivity (Wildman–Crippen MR) is 102 cm³/mol. The topological polar surface area (TPSA) is 58.4 Å². The zero-order valence-corrected chi connectivity index (χ0v) is 14.7. The molecular weight excluding hydrogens is 351 g/mol. The zero-order valence-electron chi connectivity index (χ0n) is 13.9. The molecule has 0 fully saturated rings. The Bertz CT molecular complexity index is 1070. The minimum absolute atomic E-state index is 0.357. The average molecular weight is 366 g/mol. The molecule has 4 aromatic rings. The molecule has 0 bridgehead atoms. The number of hydrogen-bond donors (Lipinski definition) is 2. The summed E-state index contributed by atoms with van der Waals surface area (Å²) in [5, 5.41) is 7.36. The number of rotatable bonds is 3. The maximum absolute atomic E-state index is 13.6. The fraction of sp³-hybridized carbons (Fsp3) is 0.0526. The molecule has 0 unspecified atom stereocenters. The number of carbonyl (C=O) groups is 1. The van der Waals surface area contributed by atoms with Crippen LogP contribution in [0.2, 0.25) is 0 Å². The number of thiazole rings is 1. The van der Waals surface area contributed by atoms with Crippen LogP contribution in [0.1, 0.15) is 5.56 Å². The van der Waals surface area contributed by atoms with Gasteiger partial charge in [0.05, 0.1) is 5.69 Å². The molecule has 0 radical (unpaired) electrons. The van der Waals surface area contributed by atoms with E-state index in [1.165, 1.54) is 6.07 Å². The van der Waals surface area contributed by atoms with Crippen LogP contribution in [-0.2, 0) is 0 Å². The first-order chi connectivity index (χ1) is 12.6. The lowest BCUT2D eigenvalue weighted by Gasteiger charge is -2.09. The summed E-state index contributed by atoms with van der Waals surface area (Å²) < 4.78 is 15.5. The smallest absolute Gasteiger partial charge is 0.308 e. The molecule has 0 aliphatic heterocycles. The van der Waals surface area contributed by atoms with Gasteiger partial charge in [0.1, 0.15) is 5.82 Å². The number of anilines is 2. The summed E-state index contributed by atoms with van der Waals surface area (Å²) >= 11 is 1.56. The number of urea groups is 1. The molecule has 26 heavy (non-hydrogen) atoms. The summed E-state index contributed by atoms with van der Waals surface area (Å²) in [7, 11) is 0. The molecule has 0 saturated heterocycles. The van der Waals surface area contributed by atoms with Crippen LogP contribution >= 0.6 is 11.3 Å². The van der Waals surface area contributed by atoms with E-state index in [2.05, 4.69) is 15.6 Å². The fourth-order valence-electron chi connectivity index (χ4n) is 2.59. The lowest BCUT2D eigenvalue weighted by atomic mass is 10.1. The van der Waals surface area contributed by atoms with Crippen molar-refractivity contribution in [2.75, 3.05) is 10.6 Å². The quantitative estimate of drug-likeness (QED) is 0.526. The second-order valence-corrected chi connectivity index (χ2v) is 6.72. The van der Waals surface area contributed by atoms with Crippen molar-refractivity contribution in [2.45, 2.75) is 6.92 Å². The second-order valence-electron chi connectivity index (χ2n) is 5.84. The Labute approximate surface area is 153 Å². The molecule has 130 valence electrons. The van der Waals surface area contributed by atoms with E-state index in [4.69, 9.17) is 0 Å². The number of amides is 2. The predicted octanol–water partition coefficient (Wildman–Crippen LogP) is 5.15. The largest absolute Gasteiger partial charge is 0.323 e. The van der Waals surface area contributed by atoms with Gasteiger partial charge in [-0.15, -0.1) is 11.3 Å². The number of aryl methyl sites for hydroxylation is 1. The van der Waals surface area contributed by atoms with Gasteiger partial charge in [0.15, 0.2) is 4.96 Å². The second kappa shape index (κ2) is 6.61. The summed E-state index contributed by atoms with van der Waals surface area (Å²) in [6, 6.07) is 11.6. The van der Waals surface area contributed by atoms with E-state index < -0.39 is 6.03 Å². The maximum atomic E-state index is 13.6. The van der Waals surface area contributed by atoms with Gasteiger partial charge in [-0.2, -0.15) is 0 Å². The van der Waals surface area contributed by atoms with Gasteiger partial charge in [-0.25, -0.2) is 14.2 Å². The van der Waals surface area contributed by atoms with Gasteiger partial charge in [-0.3, -0.25) is 4.40 Å². The first-order valence-electron chi connectivity index (χ1n) is 7.95. The number of aromatic nitrogens is 2. The van der Waals surface area contributed by atoms with Crippen molar-refractivity contribution >= 4 is 33.7 Å². The van der Waals surface area contributed by atoms with E-state index in [9.17, 15) is 9.18 Å². The molecule has 2 amide bonds. The SMILES string of the molecule is Cc1ccc(NC(=O)Nc2cccc(-c3cn4ccsc4n3)c2)cc1F. The van der Waals surface area contributed by atoms with Gasteiger partial charge in [0.2, 0.25) is 0 Å². The average Bonchev–Trinajstić information content (AvgIpc) is 3.20. The Morgan fingerprint density at radius 1 is 1.15 bits per heavy atom.